The van der Waals surface area contributed by atoms with Crippen LogP contribution in [0.15, 0.2) is 0 Å². The molecule has 320 valence electrons. The number of rotatable bonds is 10. The van der Waals surface area contributed by atoms with Gasteiger partial charge in [-0.25, -0.2) is 0 Å². The zero-order valence-electron chi connectivity index (χ0n) is 29.3. The highest BCUT2D eigenvalue weighted by atomic mass is 16.8. The average molecular weight is 802 g/mol. The summed E-state index contributed by atoms with van der Waals surface area (Å²) in [5.41, 5.74) is 0. The van der Waals surface area contributed by atoms with E-state index in [1.807, 2.05) is 0 Å². The molecule has 4 aliphatic rings. The van der Waals surface area contributed by atoms with E-state index in [-0.39, 0.29) is 6.04 Å². The van der Waals surface area contributed by atoms with Gasteiger partial charge in [0.05, 0.1) is 19.8 Å². The Balaban J connectivity index is 0.000000410. The van der Waals surface area contributed by atoms with E-state index < -0.39 is 155 Å². The zero-order valence-corrected chi connectivity index (χ0v) is 29.3. The number of ether oxygens (including phenoxy) is 5. The van der Waals surface area contributed by atoms with E-state index in [9.17, 15) is 61.0 Å². The molecule has 1 saturated carbocycles. The molecule has 4 rings (SSSR count). The monoisotopic (exact) mass is 801 g/mol. The van der Waals surface area contributed by atoms with Crippen molar-refractivity contribution in [2.75, 3.05) is 40.5 Å². The maximum atomic E-state index is 10.3. The van der Waals surface area contributed by atoms with Crippen molar-refractivity contribution in [3.8, 4) is 0 Å². The number of hydrogen-bond donors (Lipinski definition) is 18. The first kappa shape index (κ1) is 48.7. The van der Waals surface area contributed by atoms with Gasteiger partial charge in [-0.1, -0.05) is 0 Å². The molecule has 54 heavy (non-hydrogen) atoms. The van der Waals surface area contributed by atoms with Crippen LogP contribution >= 0.6 is 0 Å². The van der Waals surface area contributed by atoms with Crippen LogP contribution in [0.25, 0.3) is 0 Å². The average Bonchev–Trinajstić information content (AvgIpc) is 3.39. The van der Waals surface area contributed by atoms with Gasteiger partial charge < -0.3 is 116 Å². The minimum atomic E-state index is -2.36. The Labute approximate surface area is 307 Å². The second-order valence-electron chi connectivity index (χ2n) is 13.3. The predicted molar refractivity (Wildman–Crippen MR) is 168 cm³/mol. The number of aliphatic carboxylic acids is 1. The van der Waals surface area contributed by atoms with Crippen LogP contribution in [0.4, 0.5) is 0 Å². The third kappa shape index (κ3) is 10.9. The number of aliphatic hydroxyl groups excluding tert-OH is 17. The second kappa shape index (κ2) is 20.8. The maximum absolute atomic E-state index is 10.3. The maximum Gasteiger partial charge on any atom is 0.320 e. The predicted octanol–water partition coefficient (Wildman–Crippen LogP) is -11.4. The molecular formula is C29H55NO24. The van der Waals surface area contributed by atoms with Crippen molar-refractivity contribution in [1.82, 2.24) is 4.90 Å². The molecule has 0 radical (unpaired) electrons. The number of carboxylic acids is 1. The number of aliphatic hydroxyl groups is 17. The number of likely N-dealkylation sites (N-methyl/N-ethyl adjacent to an activating group) is 1. The molecule has 25 nitrogen and oxygen atoms in total. The van der Waals surface area contributed by atoms with Crippen molar-refractivity contribution in [3.63, 3.8) is 0 Å². The van der Waals surface area contributed by atoms with Crippen LogP contribution in [-0.2, 0) is 28.5 Å². The lowest BCUT2D eigenvalue weighted by molar-refractivity contribution is -0.388. The summed E-state index contributed by atoms with van der Waals surface area (Å²) in [6.07, 6.45) is -31.6. The molecule has 4 fully saturated rings. The fraction of sp³-hybridized carbons (Fsp3) is 0.966. The summed E-state index contributed by atoms with van der Waals surface area (Å²) >= 11 is 0. The molecule has 0 aromatic carbocycles. The molecule has 15 atom stereocenters. The largest absolute Gasteiger partial charge is 0.480 e. The Morgan fingerprint density at radius 2 is 0.981 bits per heavy atom. The van der Waals surface area contributed by atoms with Gasteiger partial charge in [0.25, 0.3) is 0 Å². The quantitative estimate of drug-likeness (QED) is 0.0975. The van der Waals surface area contributed by atoms with Crippen LogP contribution in [-0.4, -0.2) is 271 Å². The van der Waals surface area contributed by atoms with Gasteiger partial charge in [0.2, 0.25) is 5.79 Å². The Bertz CT molecular complexity index is 1070. The Hall–Kier alpha value is -1.45. The molecule has 0 bridgehead atoms. The topological polar surface area (TPSA) is 431 Å². The number of nitrogens with zero attached hydrogens (tertiary/aromatic N) is 1. The Morgan fingerprint density at radius 3 is 1.33 bits per heavy atom. The lowest BCUT2D eigenvalue weighted by atomic mass is 9.85. The first-order chi connectivity index (χ1) is 25.0. The summed E-state index contributed by atoms with van der Waals surface area (Å²) < 4.78 is 26.4. The van der Waals surface area contributed by atoms with E-state index in [2.05, 4.69) is 0 Å². The van der Waals surface area contributed by atoms with Crippen LogP contribution in [0, 0.1) is 0 Å². The van der Waals surface area contributed by atoms with Crippen LogP contribution in [0.1, 0.15) is 6.92 Å². The van der Waals surface area contributed by atoms with Crippen LogP contribution < -0.4 is 0 Å². The summed E-state index contributed by atoms with van der Waals surface area (Å²) in [5, 5.41) is 171. The van der Waals surface area contributed by atoms with Crippen molar-refractivity contribution >= 4 is 5.97 Å². The summed E-state index contributed by atoms with van der Waals surface area (Å²) in [6.45, 7) is -1.50. The van der Waals surface area contributed by atoms with Crippen LogP contribution in [0.2, 0.25) is 0 Å². The molecule has 3 heterocycles. The van der Waals surface area contributed by atoms with Crippen LogP contribution in [0.3, 0.4) is 0 Å². The van der Waals surface area contributed by atoms with Crippen molar-refractivity contribution in [1.29, 1.82) is 0 Å². The van der Waals surface area contributed by atoms with Gasteiger partial charge in [0.15, 0.2) is 12.6 Å². The molecule has 0 spiro atoms. The highest BCUT2D eigenvalue weighted by Crippen LogP contribution is 2.36. The molecule has 1 unspecified atom stereocenters. The molecule has 3 saturated heterocycles. The van der Waals surface area contributed by atoms with Gasteiger partial charge >= 0.3 is 5.97 Å². The van der Waals surface area contributed by atoms with E-state index in [1.54, 1.807) is 25.9 Å². The van der Waals surface area contributed by atoms with Gasteiger partial charge in [0, 0.05) is 0 Å². The minimum Gasteiger partial charge on any atom is -0.480 e. The highest BCUT2D eigenvalue weighted by molar-refractivity contribution is 5.72. The summed E-state index contributed by atoms with van der Waals surface area (Å²) in [4.78, 5) is 11.7. The van der Waals surface area contributed by atoms with Gasteiger partial charge in [-0.15, -0.1) is 0 Å². The Kier molecular flexibility index (Phi) is 18.8. The molecule has 25 heteroatoms. The van der Waals surface area contributed by atoms with E-state index >= 15 is 0 Å². The standard InChI is InChI=1S/C18H32O16.C6H12O6.C5H11NO2/c19-1-5-8(22)11(25)13(27)16(31-5)30-3-7-9(23)12(26)14(28)17(32-7)34-18(4-21)15(29)10(24)6(2-20)33-18;7-1-2(8)4(10)6(12)5(11)3(1)9;1-4(5(7)8)6(2)3/h5-17,19-29H,1-4H2;1-12H;4H,1-3H3,(H,7,8)/t5-,6-,7-,8+,9-,10-,11+,12+,13-,14-,15+,16+,17-,18+;;/m1../s1. The molecule has 3 aliphatic heterocycles. The zero-order chi connectivity index (χ0) is 41.6. The van der Waals surface area contributed by atoms with Gasteiger partial charge in [0.1, 0.15) is 116 Å². The molecular weight excluding hydrogens is 746 g/mol. The molecule has 0 aromatic rings. The molecule has 18 N–H and O–H groups in total. The van der Waals surface area contributed by atoms with Gasteiger partial charge in [-0.05, 0) is 21.0 Å². The third-order valence-electron chi connectivity index (χ3n) is 9.40. The number of carbonyl (C=O) groups is 1. The van der Waals surface area contributed by atoms with E-state index in [4.69, 9.17) is 59.4 Å². The van der Waals surface area contributed by atoms with Crippen LogP contribution in [0.5, 0.6) is 0 Å². The highest BCUT2D eigenvalue weighted by Gasteiger charge is 2.58. The Morgan fingerprint density at radius 1 is 0.593 bits per heavy atom. The lowest BCUT2D eigenvalue weighted by Crippen LogP contribution is -2.63. The second-order valence-corrected chi connectivity index (χ2v) is 13.3. The number of hydrogen-bond acceptors (Lipinski definition) is 24. The summed E-state index contributed by atoms with van der Waals surface area (Å²) in [7, 11) is 3.47. The molecule has 1 aliphatic carbocycles. The van der Waals surface area contributed by atoms with Gasteiger partial charge in [-0.3, -0.25) is 9.69 Å². The summed E-state index contributed by atoms with van der Waals surface area (Å²) in [5.74, 6) is -3.14. The first-order valence-electron chi connectivity index (χ1n) is 16.6. The fourth-order valence-electron chi connectivity index (χ4n) is 5.45. The number of carboxylic acid groups (broad SMARTS) is 1. The van der Waals surface area contributed by atoms with E-state index in [0.717, 1.165) is 0 Å². The third-order valence-corrected chi connectivity index (χ3v) is 9.40. The summed E-state index contributed by atoms with van der Waals surface area (Å²) in [6, 6.07) is -0.380. The first-order valence-corrected chi connectivity index (χ1v) is 16.6. The van der Waals surface area contributed by atoms with Crippen molar-refractivity contribution in [3.05, 3.63) is 0 Å². The fourth-order valence-corrected chi connectivity index (χ4v) is 5.45. The van der Waals surface area contributed by atoms with E-state index in [0.29, 0.717) is 0 Å². The minimum absolute atomic E-state index is 0.380. The lowest BCUT2D eigenvalue weighted by Gasteiger charge is -2.44. The van der Waals surface area contributed by atoms with E-state index in [1.165, 1.54) is 0 Å². The molecule has 0 aromatic heterocycles. The van der Waals surface area contributed by atoms with Gasteiger partial charge in [-0.2, -0.15) is 0 Å². The van der Waals surface area contributed by atoms with Crippen molar-refractivity contribution in [2.24, 2.45) is 0 Å². The normalized spacial score (nSPS) is 47.2. The molecule has 0 amide bonds. The van der Waals surface area contributed by atoms with Crippen molar-refractivity contribution in [2.45, 2.75) is 135 Å². The SMILES string of the molecule is CC(C(=O)O)N(C)C.OC1C(O)C(O)C(O)C(O)C1O.OC[C@H]1O[C@H](OC[C@H]2O[C@H](O[C@]3(CO)O[C@H](CO)[C@@H](O)[C@@H]3O)[C@H](O)[C@@H](O)[C@@H]2O)[C@H](O)[C@@H](O)[C@H]1O. The van der Waals surface area contributed by atoms with Crippen molar-refractivity contribution < 1.29 is 120 Å². The smallest absolute Gasteiger partial charge is 0.320 e.